The Morgan fingerprint density at radius 1 is 1.80 bits per heavy atom. The summed E-state index contributed by atoms with van der Waals surface area (Å²) in [7, 11) is 0. The van der Waals surface area contributed by atoms with Crippen LogP contribution in [0.4, 0.5) is 5.82 Å². The normalized spacial score (nSPS) is 20.9. The van der Waals surface area contributed by atoms with E-state index in [1.807, 2.05) is 0 Å². The first-order valence-electron chi connectivity index (χ1n) is 4.91. The van der Waals surface area contributed by atoms with Crippen molar-refractivity contribution in [1.29, 1.82) is 0 Å². The molecule has 1 aromatic rings. The fraction of sp³-hybridized carbons (Fsp3) is 0.556. The lowest BCUT2D eigenvalue weighted by atomic mass is 10.1. The van der Waals surface area contributed by atoms with Gasteiger partial charge in [0.05, 0.1) is 0 Å². The summed E-state index contributed by atoms with van der Waals surface area (Å²) < 4.78 is 0. The van der Waals surface area contributed by atoms with Crippen molar-refractivity contribution < 1.29 is 9.90 Å². The van der Waals surface area contributed by atoms with Crippen LogP contribution in [0.1, 0.15) is 16.9 Å². The zero-order chi connectivity index (χ0) is 10.8. The van der Waals surface area contributed by atoms with Crippen molar-refractivity contribution in [1.82, 2.24) is 15.1 Å². The molecule has 1 aromatic heterocycles. The fourth-order valence-electron chi connectivity index (χ4n) is 1.78. The number of aliphatic hydroxyl groups excluding tert-OH is 1. The van der Waals surface area contributed by atoms with Gasteiger partial charge in [0.1, 0.15) is 11.5 Å². The van der Waals surface area contributed by atoms with E-state index in [4.69, 9.17) is 10.8 Å². The summed E-state index contributed by atoms with van der Waals surface area (Å²) in [6, 6.07) is 1.52. The van der Waals surface area contributed by atoms with Crippen molar-refractivity contribution in [3.63, 3.8) is 0 Å². The van der Waals surface area contributed by atoms with Gasteiger partial charge in [-0.2, -0.15) is 5.10 Å². The van der Waals surface area contributed by atoms with Crippen LogP contribution in [0.15, 0.2) is 6.07 Å². The molecule has 15 heavy (non-hydrogen) atoms. The highest BCUT2D eigenvalue weighted by molar-refractivity contribution is 5.93. The molecule has 1 saturated heterocycles. The lowest BCUT2D eigenvalue weighted by Crippen LogP contribution is -2.29. The van der Waals surface area contributed by atoms with E-state index in [-0.39, 0.29) is 18.4 Å². The third-order valence-corrected chi connectivity index (χ3v) is 2.66. The van der Waals surface area contributed by atoms with Gasteiger partial charge in [-0.1, -0.05) is 0 Å². The molecule has 6 nitrogen and oxygen atoms in total. The molecule has 1 atom stereocenters. The molecule has 1 fully saturated rings. The van der Waals surface area contributed by atoms with E-state index in [0.717, 1.165) is 6.42 Å². The summed E-state index contributed by atoms with van der Waals surface area (Å²) in [4.78, 5) is 13.5. The Hall–Kier alpha value is -1.56. The van der Waals surface area contributed by atoms with Crippen LogP contribution in [-0.4, -0.2) is 45.8 Å². The number of nitrogens with zero attached hydrogens (tertiary/aromatic N) is 2. The summed E-state index contributed by atoms with van der Waals surface area (Å²) in [6.45, 7) is 1.42. The molecular weight excluding hydrogens is 196 g/mol. The minimum atomic E-state index is -0.102. The minimum absolute atomic E-state index is 0.102. The zero-order valence-corrected chi connectivity index (χ0v) is 8.31. The Morgan fingerprint density at radius 2 is 2.60 bits per heavy atom. The maximum absolute atomic E-state index is 11.8. The number of aromatic amines is 1. The summed E-state index contributed by atoms with van der Waals surface area (Å²) in [5.41, 5.74) is 5.82. The van der Waals surface area contributed by atoms with Crippen LogP contribution in [0.5, 0.6) is 0 Å². The SMILES string of the molecule is Nc1cc(C(=O)N2CCC(CO)C2)[nH]n1. The number of amides is 1. The highest BCUT2D eigenvalue weighted by Gasteiger charge is 2.27. The predicted octanol–water partition coefficient (Wildman–Crippen LogP) is -0.554. The summed E-state index contributed by atoms with van der Waals surface area (Å²) >= 11 is 0. The number of nitrogens with two attached hydrogens (primary N) is 1. The van der Waals surface area contributed by atoms with Crippen LogP contribution in [0.3, 0.4) is 0 Å². The molecule has 0 bridgehead atoms. The third kappa shape index (κ3) is 1.94. The molecule has 0 radical (unpaired) electrons. The van der Waals surface area contributed by atoms with Gasteiger partial charge in [0.15, 0.2) is 0 Å². The van der Waals surface area contributed by atoms with Gasteiger partial charge < -0.3 is 15.7 Å². The van der Waals surface area contributed by atoms with Crippen LogP contribution in [0.2, 0.25) is 0 Å². The van der Waals surface area contributed by atoms with E-state index in [9.17, 15) is 4.79 Å². The van der Waals surface area contributed by atoms with Crippen molar-refractivity contribution in [2.45, 2.75) is 6.42 Å². The van der Waals surface area contributed by atoms with E-state index in [1.54, 1.807) is 4.90 Å². The van der Waals surface area contributed by atoms with Crippen LogP contribution in [0.25, 0.3) is 0 Å². The molecular formula is C9H14N4O2. The monoisotopic (exact) mass is 210 g/mol. The van der Waals surface area contributed by atoms with Gasteiger partial charge in [0, 0.05) is 31.7 Å². The molecule has 2 rings (SSSR count). The van der Waals surface area contributed by atoms with Gasteiger partial charge in [-0.3, -0.25) is 9.89 Å². The molecule has 0 aromatic carbocycles. The first kappa shape index (κ1) is 9.97. The Labute approximate surface area is 87.1 Å². The van der Waals surface area contributed by atoms with Crippen molar-refractivity contribution >= 4 is 11.7 Å². The number of likely N-dealkylation sites (tertiary alicyclic amines) is 1. The molecule has 4 N–H and O–H groups in total. The number of aromatic nitrogens is 2. The highest BCUT2D eigenvalue weighted by atomic mass is 16.3. The number of nitrogen functional groups attached to an aromatic ring is 1. The van der Waals surface area contributed by atoms with E-state index in [1.165, 1.54) is 6.07 Å². The molecule has 1 unspecified atom stereocenters. The van der Waals surface area contributed by atoms with E-state index in [0.29, 0.717) is 24.6 Å². The lowest BCUT2D eigenvalue weighted by Gasteiger charge is -2.14. The minimum Gasteiger partial charge on any atom is -0.396 e. The number of aliphatic hydroxyl groups is 1. The maximum atomic E-state index is 11.8. The molecule has 0 saturated carbocycles. The second-order valence-electron chi connectivity index (χ2n) is 3.79. The van der Waals surface area contributed by atoms with Crippen molar-refractivity contribution in [3.8, 4) is 0 Å². The smallest absolute Gasteiger partial charge is 0.271 e. The second-order valence-corrected chi connectivity index (χ2v) is 3.79. The largest absolute Gasteiger partial charge is 0.396 e. The number of carbonyl (C=O) groups is 1. The Balaban J connectivity index is 2.03. The Morgan fingerprint density at radius 3 is 3.13 bits per heavy atom. The van der Waals surface area contributed by atoms with E-state index < -0.39 is 0 Å². The van der Waals surface area contributed by atoms with Gasteiger partial charge >= 0.3 is 0 Å². The fourth-order valence-corrected chi connectivity index (χ4v) is 1.78. The van der Waals surface area contributed by atoms with Crippen molar-refractivity contribution in [2.24, 2.45) is 5.92 Å². The van der Waals surface area contributed by atoms with Gasteiger partial charge in [0.25, 0.3) is 5.91 Å². The van der Waals surface area contributed by atoms with Crippen LogP contribution >= 0.6 is 0 Å². The molecule has 1 aliphatic rings. The molecule has 1 amide bonds. The van der Waals surface area contributed by atoms with Crippen molar-refractivity contribution in [2.75, 3.05) is 25.4 Å². The number of anilines is 1. The quantitative estimate of drug-likeness (QED) is 0.610. The number of hydrogen-bond acceptors (Lipinski definition) is 4. The molecule has 0 spiro atoms. The number of nitrogens with one attached hydrogen (secondary N) is 1. The average molecular weight is 210 g/mol. The van der Waals surface area contributed by atoms with Crippen molar-refractivity contribution in [3.05, 3.63) is 11.8 Å². The van der Waals surface area contributed by atoms with Gasteiger partial charge in [-0.25, -0.2) is 0 Å². The first-order chi connectivity index (χ1) is 7.20. The van der Waals surface area contributed by atoms with Crippen LogP contribution < -0.4 is 5.73 Å². The summed E-state index contributed by atoms with van der Waals surface area (Å²) in [5.74, 6) is 0.417. The second kappa shape index (κ2) is 3.90. The number of hydrogen-bond donors (Lipinski definition) is 3. The first-order valence-corrected chi connectivity index (χ1v) is 4.91. The number of rotatable bonds is 2. The van der Waals surface area contributed by atoms with Gasteiger partial charge in [-0.15, -0.1) is 0 Å². The summed E-state index contributed by atoms with van der Waals surface area (Å²) in [6.07, 6.45) is 0.853. The lowest BCUT2D eigenvalue weighted by molar-refractivity contribution is 0.0776. The molecule has 6 heteroatoms. The van der Waals surface area contributed by atoms with Crippen LogP contribution in [-0.2, 0) is 0 Å². The van der Waals surface area contributed by atoms with E-state index in [2.05, 4.69) is 10.2 Å². The Bertz CT molecular complexity index is 363. The molecule has 1 aliphatic heterocycles. The highest BCUT2D eigenvalue weighted by Crippen LogP contribution is 2.17. The molecule has 0 aliphatic carbocycles. The van der Waals surface area contributed by atoms with E-state index >= 15 is 0 Å². The topological polar surface area (TPSA) is 95.2 Å². The zero-order valence-electron chi connectivity index (χ0n) is 8.31. The predicted molar refractivity (Wildman–Crippen MR) is 54.1 cm³/mol. The Kier molecular flexibility index (Phi) is 2.59. The van der Waals surface area contributed by atoms with Crippen LogP contribution in [0, 0.1) is 5.92 Å². The average Bonchev–Trinajstić information content (AvgIpc) is 2.84. The van der Waals surface area contributed by atoms with Gasteiger partial charge in [-0.05, 0) is 6.42 Å². The molecule has 82 valence electrons. The maximum Gasteiger partial charge on any atom is 0.271 e. The number of carbonyl (C=O) groups excluding carboxylic acids is 1. The standard InChI is InChI=1S/C9H14N4O2/c10-8-3-7(11-12-8)9(15)13-2-1-6(4-13)5-14/h3,6,14H,1-2,4-5H2,(H3,10,11,12). The summed E-state index contributed by atoms with van der Waals surface area (Å²) in [5, 5.41) is 15.3. The number of H-pyrrole nitrogens is 1. The molecule has 2 heterocycles. The third-order valence-electron chi connectivity index (χ3n) is 2.66. The van der Waals surface area contributed by atoms with Gasteiger partial charge in [0.2, 0.25) is 0 Å².